The van der Waals surface area contributed by atoms with E-state index in [2.05, 4.69) is 49.4 Å². The number of carbonyl (C=O) groups is 1. The van der Waals surface area contributed by atoms with Gasteiger partial charge >= 0.3 is 0 Å². The molecule has 4 nitrogen and oxygen atoms in total. The predicted molar refractivity (Wildman–Crippen MR) is 140 cm³/mol. The van der Waals surface area contributed by atoms with E-state index >= 15 is 0 Å². The molecule has 0 unspecified atom stereocenters. The second-order valence-corrected chi connectivity index (χ2v) is 9.84. The number of hydrogen-bond donors (Lipinski definition) is 0. The van der Waals surface area contributed by atoms with Crippen LogP contribution in [0, 0.1) is 0 Å². The summed E-state index contributed by atoms with van der Waals surface area (Å²) in [6.07, 6.45) is 3.40. The number of thiazole rings is 1. The fourth-order valence-corrected chi connectivity index (χ4v) is 5.80. The first-order valence-corrected chi connectivity index (χ1v) is 12.9. The maximum Gasteiger partial charge on any atom is 0.229 e. The topological polar surface area (TPSA) is 42.4 Å². The maximum atomic E-state index is 14.0. The number of amides is 1. The Balaban J connectivity index is 1.49. The van der Waals surface area contributed by atoms with Crippen molar-refractivity contribution in [2.24, 2.45) is 0 Å². The Morgan fingerprint density at radius 3 is 2.35 bits per heavy atom. The van der Waals surface area contributed by atoms with Crippen LogP contribution in [0.5, 0.6) is 0 Å². The minimum atomic E-state index is -0.0116. The average Bonchev–Trinajstić information content (AvgIpc) is 3.56. The number of carbonyl (C=O) groups excluding carboxylic acids is 1. The quantitative estimate of drug-likeness (QED) is 0.292. The van der Waals surface area contributed by atoms with E-state index in [-0.39, 0.29) is 17.9 Å². The number of fused-ring (bicyclic) bond motifs is 1. The fourth-order valence-electron chi connectivity index (χ4n) is 4.76. The number of rotatable bonds is 8. The van der Waals surface area contributed by atoms with Crippen molar-refractivity contribution in [3.8, 4) is 0 Å². The lowest BCUT2D eigenvalue weighted by Crippen LogP contribution is -2.38. The zero-order valence-electron chi connectivity index (χ0n) is 19.5. The highest BCUT2D eigenvalue weighted by atomic mass is 32.1. The van der Waals surface area contributed by atoms with Crippen LogP contribution in [0.3, 0.4) is 0 Å². The monoisotopic (exact) mass is 470 g/mol. The SMILES string of the molecule is CCc1cccc2sc(N(C[C@H]3CCCO3)C(=O)CC(c3ccccc3)c3ccccc3)nc12. The molecule has 0 saturated carbocycles. The third-order valence-corrected chi connectivity index (χ3v) is 7.64. The summed E-state index contributed by atoms with van der Waals surface area (Å²) in [5, 5.41) is 0.774. The predicted octanol–water partition coefficient (Wildman–Crippen LogP) is 6.59. The minimum Gasteiger partial charge on any atom is -0.376 e. The maximum absolute atomic E-state index is 14.0. The first kappa shape index (κ1) is 22.8. The van der Waals surface area contributed by atoms with Crippen LogP contribution in [0.1, 0.15) is 48.8 Å². The average molecular weight is 471 g/mol. The molecular formula is C29H30N2O2S. The second-order valence-electron chi connectivity index (χ2n) is 8.83. The second kappa shape index (κ2) is 10.5. The third-order valence-electron chi connectivity index (χ3n) is 6.60. The summed E-state index contributed by atoms with van der Waals surface area (Å²) in [6, 6.07) is 26.9. The number of ether oxygens (including phenoxy) is 1. The minimum absolute atomic E-state index is 0.0116. The summed E-state index contributed by atoms with van der Waals surface area (Å²) >= 11 is 1.60. The molecule has 1 aliphatic rings. The molecule has 1 aliphatic heterocycles. The zero-order chi connectivity index (χ0) is 23.3. The molecule has 1 amide bonds. The highest BCUT2D eigenvalue weighted by Crippen LogP contribution is 2.34. The molecule has 0 bridgehead atoms. The van der Waals surface area contributed by atoms with Gasteiger partial charge in [0.2, 0.25) is 5.91 Å². The summed E-state index contributed by atoms with van der Waals surface area (Å²) in [5.41, 5.74) is 4.53. The van der Waals surface area contributed by atoms with Gasteiger partial charge in [0.15, 0.2) is 5.13 Å². The van der Waals surface area contributed by atoms with Crippen molar-refractivity contribution in [2.75, 3.05) is 18.1 Å². The van der Waals surface area contributed by atoms with Crippen LogP contribution >= 0.6 is 11.3 Å². The lowest BCUT2D eigenvalue weighted by atomic mass is 9.88. The van der Waals surface area contributed by atoms with Crippen molar-refractivity contribution in [3.05, 3.63) is 95.6 Å². The van der Waals surface area contributed by atoms with Crippen LogP contribution < -0.4 is 4.90 Å². The molecule has 4 aromatic rings. The van der Waals surface area contributed by atoms with E-state index in [4.69, 9.17) is 9.72 Å². The first-order valence-electron chi connectivity index (χ1n) is 12.1. The van der Waals surface area contributed by atoms with Crippen LogP contribution in [0.15, 0.2) is 78.9 Å². The van der Waals surface area contributed by atoms with E-state index in [1.807, 2.05) is 41.3 Å². The van der Waals surface area contributed by atoms with Gasteiger partial charge < -0.3 is 4.74 Å². The molecule has 3 aromatic carbocycles. The number of para-hydroxylation sites is 1. The van der Waals surface area contributed by atoms with Crippen LogP contribution in [0.25, 0.3) is 10.2 Å². The molecule has 1 aromatic heterocycles. The molecule has 34 heavy (non-hydrogen) atoms. The summed E-state index contributed by atoms with van der Waals surface area (Å²) in [5.74, 6) is 0.0767. The van der Waals surface area contributed by atoms with Gasteiger partial charge in [-0.25, -0.2) is 4.98 Å². The molecule has 174 valence electrons. The molecule has 0 N–H and O–H groups in total. The third kappa shape index (κ3) is 4.91. The molecule has 1 atom stereocenters. The normalized spacial score (nSPS) is 15.8. The molecule has 0 aliphatic carbocycles. The standard InChI is InChI=1S/C29H30N2O2S/c1-2-21-15-9-17-26-28(21)30-29(34-26)31(20-24-16-10-18-33-24)27(32)19-25(22-11-5-3-6-12-22)23-13-7-4-8-14-23/h3-9,11-15,17,24-25H,2,10,16,18-20H2,1H3/t24-/m1/s1. The Labute approximate surface area is 205 Å². The Hall–Kier alpha value is -3.02. The van der Waals surface area contributed by atoms with Crippen molar-refractivity contribution >= 4 is 32.6 Å². The van der Waals surface area contributed by atoms with Gasteiger partial charge in [0, 0.05) is 18.9 Å². The van der Waals surface area contributed by atoms with Gasteiger partial charge in [-0.05, 0) is 42.0 Å². The Morgan fingerprint density at radius 1 is 1.03 bits per heavy atom. The van der Waals surface area contributed by atoms with Crippen LogP contribution in [0.4, 0.5) is 5.13 Å². The molecular weight excluding hydrogens is 440 g/mol. The van der Waals surface area contributed by atoms with Crippen molar-refractivity contribution in [1.82, 2.24) is 4.98 Å². The van der Waals surface area contributed by atoms with E-state index in [0.717, 1.165) is 52.3 Å². The molecule has 1 saturated heterocycles. The Morgan fingerprint density at radius 2 is 1.74 bits per heavy atom. The van der Waals surface area contributed by atoms with Gasteiger partial charge in [0.05, 0.1) is 22.9 Å². The van der Waals surface area contributed by atoms with Crippen molar-refractivity contribution in [2.45, 2.75) is 44.6 Å². The van der Waals surface area contributed by atoms with E-state index in [1.165, 1.54) is 5.56 Å². The number of anilines is 1. The van der Waals surface area contributed by atoms with Crippen LogP contribution in [-0.4, -0.2) is 30.1 Å². The highest BCUT2D eigenvalue weighted by molar-refractivity contribution is 7.22. The van der Waals surface area contributed by atoms with E-state index in [1.54, 1.807) is 11.3 Å². The lowest BCUT2D eigenvalue weighted by Gasteiger charge is -2.26. The summed E-state index contributed by atoms with van der Waals surface area (Å²) in [6.45, 7) is 3.47. The first-order chi connectivity index (χ1) is 16.7. The molecule has 1 fully saturated rings. The highest BCUT2D eigenvalue weighted by Gasteiger charge is 2.29. The van der Waals surface area contributed by atoms with Crippen LogP contribution in [-0.2, 0) is 16.0 Å². The number of nitrogens with zero attached hydrogens (tertiary/aromatic N) is 2. The van der Waals surface area contributed by atoms with E-state index < -0.39 is 0 Å². The van der Waals surface area contributed by atoms with Gasteiger partial charge in [0.1, 0.15) is 0 Å². The Kier molecular flexibility index (Phi) is 7.02. The largest absolute Gasteiger partial charge is 0.376 e. The van der Waals surface area contributed by atoms with Crippen LogP contribution in [0.2, 0.25) is 0 Å². The van der Waals surface area contributed by atoms with E-state index in [9.17, 15) is 4.79 Å². The zero-order valence-corrected chi connectivity index (χ0v) is 20.3. The lowest BCUT2D eigenvalue weighted by molar-refractivity contribution is -0.119. The molecule has 0 radical (unpaired) electrons. The van der Waals surface area contributed by atoms with Crippen molar-refractivity contribution in [1.29, 1.82) is 0 Å². The summed E-state index contributed by atoms with van der Waals surface area (Å²) in [7, 11) is 0. The molecule has 5 rings (SSSR count). The van der Waals surface area contributed by atoms with Crippen molar-refractivity contribution < 1.29 is 9.53 Å². The number of benzene rings is 3. The van der Waals surface area contributed by atoms with Gasteiger partial charge in [0.25, 0.3) is 0 Å². The van der Waals surface area contributed by atoms with E-state index in [0.29, 0.717) is 13.0 Å². The van der Waals surface area contributed by atoms with Gasteiger partial charge in [-0.15, -0.1) is 0 Å². The fraction of sp³-hybridized carbons (Fsp3) is 0.310. The number of aromatic nitrogens is 1. The Bertz CT molecular complexity index is 1190. The summed E-state index contributed by atoms with van der Waals surface area (Å²) in [4.78, 5) is 20.8. The number of hydrogen-bond acceptors (Lipinski definition) is 4. The smallest absolute Gasteiger partial charge is 0.229 e. The van der Waals surface area contributed by atoms with Crippen molar-refractivity contribution in [3.63, 3.8) is 0 Å². The number of aryl methyl sites for hydroxylation is 1. The molecule has 2 heterocycles. The molecule has 0 spiro atoms. The van der Waals surface area contributed by atoms with Gasteiger partial charge in [-0.1, -0.05) is 91.1 Å². The summed E-state index contributed by atoms with van der Waals surface area (Å²) < 4.78 is 7.06. The molecule has 5 heteroatoms. The van der Waals surface area contributed by atoms with Gasteiger partial charge in [-0.2, -0.15) is 0 Å². The van der Waals surface area contributed by atoms with Gasteiger partial charge in [-0.3, -0.25) is 9.69 Å².